The standard InChI is InChI=1S/C15H18F3N5O/c1-22-12(9-20-21-22)10-23-6-4-13(5-7-23)24-14-3-2-11(8-19-14)15(16,17)18/h2-3,8-9,13H,4-7,10H2,1H3. The van der Waals surface area contributed by atoms with Gasteiger partial charge < -0.3 is 4.74 Å². The van der Waals surface area contributed by atoms with Gasteiger partial charge in [0.25, 0.3) is 0 Å². The summed E-state index contributed by atoms with van der Waals surface area (Å²) in [5.41, 5.74) is 0.272. The second kappa shape index (κ2) is 6.76. The van der Waals surface area contributed by atoms with Gasteiger partial charge in [-0.2, -0.15) is 13.2 Å². The molecule has 24 heavy (non-hydrogen) atoms. The van der Waals surface area contributed by atoms with Crippen molar-refractivity contribution in [3.8, 4) is 5.88 Å². The van der Waals surface area contributed by atoms with Crippen LogP contribution in [0.1, 0.15) is 24.1 Å². The zero-order chi connectivity index (χ0) is 17.2. The van der Waals surface area contributed by atoms with Gasteiger partial charge >= 0.3 is 6.18 Å². The topological polar surface area (TPSA) is 56.1 Å². The lowest BCUT2D eigenvalue weighted by atomic mass is 10.1. The molecule has 1 fully saturated rings. The summed E-state index contributed by atoms with van der Waals surface area (Å²) in [6.45, 7) is 2.46. The lowest BCUT2D eigenvalue weighted by Crippen LogP contribution is -2.38. The zero-order valence-electron chi connectivity index (χ0n) is 13.2. The van der Waals surface area contributed by atoms with E-state index in [0.29, 0.717) is 0 Å². The molecule has 130 valence electrons. The molecule has 0 amide bonds. The summed E-state index contributed by atoms with van der Waals surface area (Å²) < 4.78 is 45.0. The second-order valence-electron chi connectivity index (χ2n) is 5.83. The predicted molar refractivity (Wildman–Crippen MR) is 79.2 cm³/mol. The van der Waals surface area contributed by atoms with Crippen molar-refractivity contribution < 1.29 is 17.9 Å². The average molecular weight is 341 g/mol. The maximum Gasteiger partial charge on any atom is 0.417 e. The number of ether oxygens (including phenoxy) is 1. The number of likely N-dealkylation sites (tertiary alicyclic amines) is 1. The molecule has 0 aromatic carbocycles. The monoisotopic (exact) mass is 341 g/mol. The Bertz CT molecular complexity index is 662. The molecule has 0 bridgehead atoms. The van der Waals surface area contributed by atoms with Gasteiger partial charge in [-0.3, -0.25) is 9.58 Å². The van der Waals surface area contributed by atoms with Crippen LogP contribution >= 0.6 is 0 Å². The van der Waals surface area contributed by atoms with E-state index < -0.39 is 11.7 Å². The summed E-state index contributed by atoms with van der Waals surface area (Å²) in [4.78, 5) is 6.03. The molecule has 1 saturated heterocycles. The third-order valence-corrected chi connectivity index (χ3v) is 4.08. The smallest absolute Gasteiger partial charge is 0.417 e. The number of halogens is 3. The Morgan fingerprint density at radius 1 is 1.21 bits per heavy atom. The molecule has 1 aliphatic rings. The zero-order valence-corrected chi connectivity index (χ0v) is 13.2. The van der Waals surface area contributed by atoms with Crippen molar-refractivity contribution >= 4 is 0 Å². The van der Waals surface area contributed by atoms with Crippen molar-refractivity contribution in [1.29, 1.82) is 0 Å². The molecule has 3 heterocycles. The molecule has 0 aliphatic carbocycles. The molecule has 2 aromatic rings. The van der Waals surface area contributed by atoms with Crippen LogP contribution in [0.4, 0.5) is 13.2 Å². The number of hydrogen-bond acceptors (Lipinski definition) is 5. The van der Waals surface area contributed by atoms with Crippen LogP contribution in [0.3, 0.4) is 0 Å². The van der Waals surface area contributed by atoms with Crippen LogP contribution < -0.4 is 4.74 Å². The number of pyridine rings is 1. The summed E-state index contributed by atoms with van der Waals surface area (Å²) in [5.74, 6) is 0.234. The van der Waals surface area contributed by atoms with E-state index in [1.807, 2.05) is 7.05 Å². The maximum absolute atomic E-state index is 12.5. The summed E-state index contributed by atoms with van der Waals surface area (Å²) >= 11 is 0. The van der Waals surface area contributed by atoms with Crippen LogP contribution in [0, 0.1) is 0 Å². The average Bonchev–Trinajstić information content (AvgIpc) is 2.94. The molecule has 9 heteroatoms. The van der Waals surface area contributed by atoms with Crippen LogP contribution in [-0.2, 0) is 19.8 Å². The Hall–Kier alpha value is -2.16. The Morgan fingerprint density at radius 3 is 2.50 bits per heavy atom. The molecule has 0 radical (unpaired) electrons. The number of hydrogen-bond donors (Lipinski definition) is 0. The fraction of sp³-hybridized carbons (Fsp3) is 0.533. The first kappa shape index (κ1) is 16.7. The van der Waals surface area contributed by atoms with Gasteiger partial charge in [-0.1, -0.05) is 5.21 Å². The van der Waals surface area contributed by atoms with E-state index in [1.165, 1.54) is 6.07 Å². The van der Waals surface area contributed by atoms with Gasteiger partial charge in [0.05, 0.1) is 17.5 Å². The van der Waals surface area contributed by atoms with Crippen molar-refractivity contribution in [2.24, 2.45) is 7.05 Å². The van der Waals surface area contributed by atoms with Crippen molar-refractivity contribution in [2.45, 2.75) is 31.7 Å². The maximum atomic E-state index is 12.5. The fourth-order valence-electron chi connectivity index (χ4n) is 2.66. The first-order valence-corrected chi connectivity index (χ1v) is 7.67. The first-order valence-electron chi connectivity index (χ1n) is 7.67. The van der Waals surface area contributed by atoms with E-state index in [-0.39, 0.29) is 12.0 Å². The molecule has 2 aromatic heterocycles. The van der Waals surface area contributed by atoms with Crippen molar-refractivity contribution in [2.75, 3.05) is 13.1 Å². The lowest BCUT2D eigenvalue weighted by molar-refractivity contribution is -0.137. The minimum absolute atomic E-state index is 0.0323. The van der Waals surface area contributed by atoms with Gasteiger partial charge in [0, 0.05) is 38.9 Å². The van der Waals surface area contributed by atoms with E-state index in [0.717, 1.165) is 50.4 Å². The van der Waals surface area contributed by atoms with E-state index >= 15 is 0 Å². The van der Waals surface area contributed by atoms with Crippen LogP contribution in [0.15, 0.2) is 24.5 Å². The van der Waals surface area contributed by atoms with Gasteiger partial charge in [0.2, 0.25) is 5.88 Å². The van der Waals surface area contributed by atoms with Crippen molar-refractivity contribution in [3.05, 3.63) is 35.8 Å². The Morgan fingerprint density at radius 2 is 1.96 bits per heavy atom. The molecule has 0 spiro atoms. The number of aryl methyl sites for hydroxylation is 1. The van der Waals surface area contributed by atoms with Gasteiger partial charge in [-0.25, -0.2) is 4.98 Å². The van der Waals surface area contributed by atoms with Gasteiger partial charge in [-0.15, -0.1) is 5.10 Å². The molecule has 0 saturated carbocycles. The number of aromatic nitrogens is 4. The third-order valence-electron chi connectivity index (χ3n) is 4.08. The fourth-order valence-corrected chi connectivity index (χ4v) is 2.66. The van der Waals surface area contributed by atoms with E-state index in [4.69, 9.17) is 4.74 Å². The van der Waals surface area contributed by atoms with E-state index in [1.54, 1.807) is 10.9 Å². The number of alkyl halides is 3. The highest BCUT2D eigenvalue weighted by molar-refractivity contribution is 5.20. The lowest BCUT2D eigenvalue weighted by Gasteiger charge is -2.31. The highest BCUT2D eigenvalue weighted by atomic mass is 19.4. The molecule has 0 unspecified atom stereocenters. The SMILES string of the molecule is Cn1nncc1CN1CCC(Oc2ccc(C(F)(F)F)cn2)CC1. The molecule has 3 rings (SSSR count). The van der Waals surface area contributed by atoms with Crippen LogP contribution in [0.2, 0.25) is 0 Å². The van der Waals surface area contributed by atoms with Gasteiger partial charge in [-0.05, 0) is 18.9 Å². The Kier molecular flexibility index (Phi) is 4.70. The van der Waals surface area contributed by atoms with Gasteiger partial charge in [0.1, 0.15) is 6.10 Å². The number of piperidine rings is 1. The number of nitrogens with zero attached hydrogens (tertiary/aromatic N) is 5. The molecular weight excluding hydrogens is 323 g/mol. The minimum Gasteiger partial charge on any atom is -0.474 e. The summed E-state index contributed by atoms with van der Waals surface area (Å²) in [6.07, 6.45) is -0.260. The van der Waals surface area contributed by atoms with Crippen LogP contribution in [-0.4, -0.2) is 44.1 Å². The molecule has 1 aliphatic heterocycles. The normalized spacial score (nSPS) is 17.2. The summed E-state index contributed by atoms with van der Waals surface area (Å²) in [7, 11) is 1.86. The predicted octanol–water partition coefficient (Wildman–Crippen LogP) is 2.27. The highest BCUT2D eigenvalue weighted by Crippen LogP contribution is 2.29. The third kappa shape index (κ3) is 4.02. The summed E-state index contributed by atoms with van der Waals surface area (Å²) in [6, 6.07) is 2.27. The van der Waals surface area contributed by atoms with E-state index in [9.17, 15) is 13.2 Å². The largest absolute Gasteiger partial charge is 0.474 e. The highest BCUT2D eigenvalue weighted by Gasteiger charge is 2.31. The summed E-state index contributed by atoms with van der Waals surface area (Å²) in [5, 5.41) is 7.76. The molecular formula is C15H18F3N5O. The molecule has 0 N–H and O–H groups in total. The van der Waals surface area contributed by atoms with Crippen molar-refractivity contribution in [3.63, 3.8) is 0 Å². The van der Waals surface area contributed by atoms with E-state index in [2.05, 4.69) is 20.2 Å². The molecule has 6 nitrogen and oxygen atoms in total. The van der Waals surface area contributed by atoms with Gasteiger partial charge in [0.15, 0.2) is 0 Å². The number of rotatable bonds is 4. The minimum atomic E-state index is -4.38. The van der Waals surface area contributed by atoms with Crippen LogP contribution in [0.5, 0.6) is 5.88 Å². The van der Waals surface area contributed by atoms with Crippen molar-refractivity contribution in [1.82, 2.24) is 24.9 Å². The quantitative estimate of drug-likeness (QED) is 0.854. The Balaban J connectivity index is 1.49. The molecule has 0 atom stereocenters. The Labute approximate surface area is 137 Å². The van der Waals surface area contributed by atoms with Crippen LogP contribution in [0.25, 0.3) is 0 Å². The second-order valence-corrected chi connectivity index (χ2v) is 5.83. The first-order chi connectivity index (χ1) is 11.4.